The molecule has 1 aliphatic carbocycles. The third kappa shape index (κ3) is 4.01. The van der Waals surface area contributed by atoms with Crippen LogP contribution < -0.4 is 5.32 Å². The van der Waals surface area contributed by atoms with E-state index in [1.54, 1.807) is 23.0 Å². The van der Waals surface area contributed by atoms with Crippen LogP contribution in [0.2, 0.25) is 0 Å². The lowest BCUT2D eigenvalue weighted by Crippen LogP contribution is -2.26. The SMILES string of the molecule is FC(F)(F)c1ccc(CNCC2CCC(c3nnn4cnc5[nH]ccc5c34)CC2)cc1. The summed E-state index contributed by atoms with van der Waals surface area (Å²) in [6.07, 6.45) is 3.57. The first-order valence-electron chi connectivity index (χ1n) is 10.5. The van der Waals surface area contributed by atoms with Crippen LogP contribution in [0.4, 0.5) is 13.2 Å². The smallest absolute Gasteiger partial charge is 0.346 e. The highest BCUT2D eigenvalue weighted by atomic mass is 19.4. The van der Waals surface area contributed by atoms with Crippen LogP contribution in [0, 0.1) is 5.92 Å². The standard InChI is InChI=1S/C22H23F3N6/c23-22(24,25)17-7-3-15(4-8-17)12-26-11-14-1-5-16(6-2-14)19-20-18-9-10-27-21(18)28-13-31(20)30-29-19/h3-4,7-10,13-14,16,26-27H,1-2,5-6,11-12H2. The largest absolute Gasteiger partial charge is 0.416 e. The third-order valence-electron chi connectivity index (χ3n) is 6.27. The lowest BCUT2D eigenvalue weighted by Gasteiger charge is -2.27. The molecule has 0 atom stereocenters. The molecule has 0 amide bonds. The molecule has 5 rings (SSSR count). The Labute approximate surface area is 176 Å². The van der Waals surface area contributed by atoms with Crippen molar-refractivity contribution < 1.29 is 13.2 Å². The van der Waals surface area contributed by atoms with Crippen molar-refractivity contribution in [2.24, 2.45) is 5.92 Å². The van der Waals surface area contributed by atoms with Crippen molar-refractivity contribution in [1.82, 2.24) is 30.1 Å². The highest BCUT2D eigenvalue weighted by molar-refractivity contribution is 5.92. The Balaban J connectivity index is 1.16. The second kappa shape index (κ2) is 7.96. The van der Waals surface area contributed by atoms with E-state index < -0.39 is 11.7 Å². The van der Waals surface area contributed by atoms with Crippen molar-refractivity contribution in [1.29, 1.82) is 0 Å². The molecule has 6 nitrogen and oxygen atoms in total. The van der Waals surface area contributed by atoms with E-state index in [0.717, 1.165) is 72.2 Å². The number of aromatic nitrogens is 5. The maximum atomic E-state index is 12.7. The summed E-state index contributed by atoms with van der Waals surface area (Å²) in [6.45, 7) is 1.44. The number of aromatic amines is 1. The van der Waals surface area contributed by atoms with Crippen LogP contribution in [0.3, 0.4) is 0 Å². The summed E-state index contributed by atoms with van der Waals surface area (Å²) in [5.41, 5.74) is 3.18. The molecule has 0 bridgehead atoms. The number of halogens is 3. The van der Waals surface area contributed by atoms with E-state index in [-0.39, 0.29) is 0 Å². The molecule has 1 aromatic carbocycles. The summed E-state index contributed by atoms with van der Waals surface area (Å²) in [7, 11) is 0. The molecule has 9 heteroatoms. The molecule has 0 saturated heterocycles. The zero-order valence-electron chi connectivity index (χ0n) is 16.9. The van der Waals surface area contributed by atoms with Crippen molar-refractivity contribution in [3.05, 3.63) is 59.7 Å². The van der Waals surface area contributed by atoms with Gasteiger partial charge >= 0.3 is 6.18 Å². The minimum Gasteiger partial charge on any atom is -0.346 e. The number of H-pyrrole nitrogens is 1. The lowest BCUT2D eigenvalue weighted by atomic mass is 9.80. The molecule has 3 heterocycles. The van der Waals surface area contributed by atoms with Gasteiger partial charge in [-0.2, -0.15) is 13.2 Å². The predicted molar refractivity (Wildman–Crippen MR) is 110 cm³/mol. The van der Waals surface area contributed by atoms with Crippen molar-refractivity contribution in [3.63, 3.8) is 0 Å². The quantitative estimate of drug-likeness (QED) is 0.484. The molecule has 1 fully saturated rings. The van der Waals surface area contributed by atoms with Gasteiger partial charge in [-0.25, -0.2) is 9.50 Å². The van der Waals surface area contributed by atoms with Gasteiger partial charge in [-0.3, -0.25) is 0 Å². The number of nitrogens with one attached hydrogen (secondary N) is 2. The van der Waals surface area contributed by atoms with Gasteiger partial charge < -0.3 is 10.3 Å². The van der Waals surface area contributed by atoms with Gasteiger partial charge in [-0.15, -0.1) is 5.10 Å². The van der Waals surface area contributed by atoms with E-state index in [9.17, 15) is 13.2 Å². The molecular formula is C22H23F3N6. The zero-order chi connectivity index (χ0) is 21.4. The van der Waals surface area contributed by atoms with Gasteiger partial charge in [0.2, 0.25) is 0 Å². The summed E-state index contributed by atoms with van der Waals surface area (Å²) >= 11 is 0. The van der Waals surface area contributed by atoms with Crippen LogP contribution in [0.1, 0.15) is 48.4 Å². The average molecular weight is 428 g/mol. The van der Waals surface area contributed by atoms with Crippen LogP contribution in [0.25, 0.3) is 16.6 Å². The van der Waals surface area contributed by atoms with E-state index in [2.05, 4.69) is 25.6 Å². The molecule has 0 aliphatic heterocycles. The number of nitrogens with zero attached hydrogens (tertiary/aromatic N) is 4. The van der Waals surface area contributed by atoms with Crippen LogP contribution in [-0.2, 0) is 12.7 Å². The lowest BCUT2D eigenvalue weighted by molar-refractivity contribution is -0.137. The summed E-state index contributed by atoms with van der Waals surface area (Å²) in [5, 5.41) is 13.2. The first-order chi connectivity index (χ1) is 15.0. The van der Waals surface area contributed by atoms with Crippen LogP contribution in [-0.4, -0.2) is 31.3 Å². The van der Waals surface area contributed by atoms with E-state index in [4.69, 9.17) is 0 Å². The van der Waals surface area contributed by atoms with Crippen LogP contribution in [0.15, 0.2) is 42.9 Å². The molecular weight excluding hydrogens is 405 g/mol. The van der Waals surface area contributed by atoms with Gasteiger partial charge in [-0.05, 0) is 61.9 Å². The van der Waals surface area contributed by atoms with Gasteiger partial charge in [0, 0.05) is 24.0 Å². The minimum atomic E-state index is -4.29. The van der Waals surface area contributed by atoms with Crippen molar-refractivity contribution >= 4 is 16.6 Å². The Kier molecular flexibility index (Phi) is 5.13. The van der Waals surface area contributed by atoms with E-state index >= 15 is 0 Å². The average Bonchev–Trinajstić information content (AvgIpc) is 3.40. The number of hydrogen-bond donors (Lipinski definition) is 2. The minimum absolute atomic E-state index is 0.379. The number of rotatable bonds is 5. The topological polar surface area (TPSA) is 70.9 Å². The summed E-state index contributed by atoms with van der Waals surface area (Å²) < 4.78 is 39.7. The second-order valence-electron chi connectivity index (χ2n) is 8.30. The molecule has 3 aromatic heterocycles. The van der Waals surface area contributed by atoms with E-state index in [1.165, 1.54) is 0 Å². The van der Waals surface area contributed by atoms with Gasteiger partial charge in [-0.1, -0.05) is 17.3 Å². The van der Waals surface area contributed by atoms with Gasteiger partial charge in [0.05, 0.1) is 11.3 Å². The Bertz CT molecular complexity index is 1170. The predicted octanol–water partition coefficient (Wildman–Crippen LogP) is 4.69. The fourth-order valence-electron chi connectivity index (χ4n) is 4.57. The zero-order valence-corrected chi connectivity index (χ0v) is 16.9. The van der Waals surface area contributed by atoms with E-state index in [0.29, 0.717) is 18.4 Å². The first-order valence-corrected chi connectivity index (χ1v) is 10.5. The first kappa shape index (κ1) is 20.0. The van der Waals surface area contributed by atoms with Crippen LogP contribution >= 0.6 is 0 Å². The molecule has 0 unspecified atom stereocenters. The highest BCUT2D eigenvalue weighted by Crippen LogP contribution is 2.37. The van der Waals surface area contributed by atoms with Crippen molar-refractivity contribution in [2.75, 3.05) is 6.54 Å². The Hall–Kier alpha value is -2.94. The monoisotopic (exact) mass is 428 g/mol. The van der Waals surface area contributed by atoms with Gasteiger partial charge in [0.15, 0.2) is 0 Å². The Morgan fingerprint density at radius 1 is 1.06 bits per heavy atom. The Morgan fingerprint density at radius 3 is 2.58 bits per heavy atom. The highest BCUT2D eigenvalue weighted by Gasteiger charge is 2.30. The summed E-state index contributed by atoms with van der Waals surface area (Å²) in [4.78, 5) is 7.50. The van der Waals surface area contributed by atoms with E-state index in [1.807, 2.05) is 12.3 Å². The number of hydrogen-bond acceptors (Lipinski definition) is 4. The summed E-state index contributed by atoms with van der Waals surface area (Å²) in [6, 6.07) is 7.38. The number of fused-ring (bicyclic) bond motifs is 3. The fourth-order valence-corrected chi connectivity index (χ4v) is 4.57. The fraction of sp³-hybridized carbons (Fsp3) is 0.409. The molecule has 4 aromatic rings. The number of alkyl halides is 3. The summed E-state index contributed by atoms with van der Waals surface area (Å²) in [5.74, 6) is 0.936. The van der Waals surface area contributed by atoms with Crippen molar-refractivity contribution in [2.45, 2.75) is 44.3 Å². The second-order valence-corrected chi connectivity index (χ2v) is 8.30. The Morgan fingerprint density at radius 2 is 1.84 bits per heavy atom. The molecule has 2 N–H and O–H groups in total. The maximum Gasteiger partial charge on any atom is 0.416 e. The third-order valence-corrected chi connectivity index (χ3v) is 6.27. The van der Waals surface area contributed by atoms with Crippen LogP contribution in [0.5, 0.6) is 0 Å². The molecule has 0 spiro atoms. The number of benzene rings is 1. The maximum absolute atomic E-state index is 12.7. The molecule has 0 radical (unpaired) electrons. The van der Waals surface area contributed by atoms with Gasteiger partial charge in [0.1, 0.15) is 17.5 Å². The van der Waals surface area contributed by atoms with Crippen molar-refractivity contribution in [3.8, 4) is 0 Å². The molecule has 31 heavy (non-hydrogen) atoms. The molecule has 1 aliphatic rings. The molecule has 162 valence electrons. The van der Waals surface area contributed by atoms with Gasteiger partial charge in [0.25, 0.3) is 0 Å². The normalized spacial score (nSPS) is 20.0. The molecule has 1 saturated carbocycles.